The number of carbonyl (C=O) groups excluding carboxylic acids is 2. The van der Waals surface area contributed by atoms with Gasteiger partial charge in [-0.3, -0.25) is 9.59 Å². The Morgan fingerprint density at radius 2 is 1.59 bits per heavy atom. The summed E-state index contributed by atoms with van der Waals surface area (Å²) < 4.78 is 4.58. The molecular formula is C24H32O5. The third kappa shape index (κ3) is 9.28. The highest BCUT2D eigenvalue weighted by Gasteiger charge is 2.12. The summed E-state index contributed by atoms with van der Waals surface area (Å²) in [6.45, 7) is 7.80. The van der Waals surface area contributed by atoms with Gasteiger partial charge in [0.15, 0.2) is 5.78 Å². The Balaban J connectivity index is 2.64. The van der Waals surface area contributed by atoms with E-state index in [0.29, 0.717) is 24.0 Å². The number of methoxy groups -OCH3 is 1. The second kappa shape index (κ2) is 11.9. The molecule has 0 aliphatic rings. The average molecular weight is 401 g/mol. The van der Waals surface area contributed by atoms with Crippen LogP contribution in [0.1, 0.15) is 58.1 Å². The van der Waals surface area contributed by atoms with Gasteiger partial charge in [-0.1, -0.05) is 28.9 Å². The number of carbonyl (C=O) groups is 2. The molecular weight excluding hydrogens is 368 g/mol. The fourth-order valence-corrected chi connectivity index (χ4v) is 2.85. The van der Waals surface area contributed by atoms with Crippen molar-refractivity contribution < 1.29 is 24.5 Å². The Bertz CT molecular complexity index is 824. The summed E-state index contributed by atoms with van der Waals surface area (Å²) in [5, 5.41) is 20.2. The van der Waals surface area contributed by atoms with E-state index in [0.717, 1.165) is 29.6 Å². The van der Waals surface area contributed by atoms with Crippen molar-refractivity contribution in [2.24, 2.45) is 0 Å². The number of allylic oxidation sites excluding steroid dienone is 6. The first-order chi connectivity index (χ1) is 13.6. The standard InChI is InChI=1S/C24H32O5/c1-16(2)11-21(25)12-18(4)8-6-7-17(3)9-10-19-13-23(27)20(14-22(19)26)15-24(28)29-5/h8-9,11,13-14,26-27H,6-7,10,12,15H2,1-5H3. The van der Waals surface area contributed by atoms with Gasteiger partial charge in [0.05, 0.1) is 13.5 Å². The predicted molar refractivity (Wildman–Crippen MR) is 115 cm³/mol. The fourth-order valence-electron chi connectivity index (χ4n) is 2.85. The van der Waals surface area contributed by atoms with Crippen LogP contribution in [0.3, 0.4) is 0 Å². The Hall–Kier alpha value is -2.82. The summed E-state index contributed by atoms with van der Waals surface area (Å²) in [6, 6.07) is 2.89. The molecule has 1 aromatic carbocycles. The van der Waals surface area contributed by atoms with Crippen LogP contribution in [0, 0.1) is 0 Å². The largest absolute Gasteiger partial charge is 0.508 e. The topological polar surface area (TPSA) is 83.8 Å². The van der Waals surface area contributed by atoms with E-state index in [9.17, 15) is 19.8 Å². The summed E-state index contributed by atoms with van der Waals surface area (Å²) in [5.41, 5.74) is 4.15. The molecule has 1 aromatic rings. The molecule has 29 heavy (non-hydrogen) atoms. The zero-order valence-electron chi connectivity index (χ0n) is 18.0. The van der Waals surface area contributed by atoms with Crippen molar-refractivity contribution in [3.05, 3.63) is 58.2 Å². The van der Waals surface area contributed by atoms with Gasteiger partial charge in [-0.05, 0) is 65.2 Å². The third-order valence-corrected chi connectivity index (χ3v) is 4.45. The first-order valence-corrected chi connectivity index (χ1v) is 9.72. The number of ketones is 1. The van der Waals surface area contributed by atoms with E-state index in [1.54, 1.807) is 6.08 Å². The van der Waals surface area contributed by atoms with E-state index in [4.69, 9.17) is 0 Å². The number of aromatic hydroxyl groups is 2. The molecule has 0 atom stereocenters. The van der Waals surface area contributed by atoms with Crippen LogP contribution in [-0.4, -0.2) is 29.1 Å². The van der Waals surface area contributed by atoms with Crippen molar-refractivity contribution in [1.82, 2.24) is 0 Å². The minimum atomic E-state index is -0.478. The van der Waals surface area contributed by atoms with Crippen LogP contribution in [0.4, 0.5) is 0 Å². The Kier molecular flexibility index (Phi) is 9.93. The molecule has 5 heteroatoms. The van der Waals surface area contributed by atoms with Gasteiger partial charge < -0.3 is 14.9 Å². The second-order valence-corrected chi connectivity index (χ2v) is 7.57. The molecule has 0 aliphatic carbocycles. The van der Waals surface area contributed by atoms with Crippen LogP contribution < -0.4 is 0 Å². The maximum absolute atomic E-state index is 11.8. The number of benzene rings is 1. The van der Waals surface area contributed by atoms with Gasteiger partial charge in [0.2, 0.25) is 0 Å². The van der Waals surface area contributed by atoms with Crippen LogP contribution in [0.15, 0.2) is 47.1 Å². The SMILES string of the molecule is COC(=O)Cc1cc(O)c(CC=C(C)CCC=C(C)CC(=O)C=C(C)C)cc1O. The fraction of sp³-hybridized carbons (Fsp3) is 0.417. The van der Waals surface area contributed by atoms with Gasteiger partial charge in [-0.15, -0.1) is 0 Å². The Morgan fingerprint density at radius 3 is 2.21 bits per heavy atom. The summed E-state index contributed by atoms with van der Waals surface area (Å²) in [5.74, 6) is -0.348. The van der Waals surface area contributed by atoms with E-state index in [1.165, 1.54) is 19.2 Å². The molecule has 0 bridgehead atoms. The van der Waals surface area contributed by atoms with Crippen LogP contribution in [0.5, 0.6) is 11.5 Å². The molecule has 0 heterocycles. The zero-order valence-corrected chi connectivity index (χ0v) is 18.0. The van der Waals surface area contributed by atoms with E-state index >= 15 is 0 Å². The quantitative estimate of drug-likeness (QED) is 0.251. The van der Waals surface area contributed by atoms with Gasteiger partial charge in [0.1, 0.15) is 11.5 Å². The molecule has 0 radical (unpaired) electrons. The molecule has 0 fully saturated rings. The number of esters is 1. The molecule has 2 N–H and O–H groups in total. The molecule has 0 saturated carbocycles. The molecule has 5 nitrogen and oxygen atoms in total. The van der Waals surface area contributed by atoms with Crippen molar-refractivity contribution in [1.29, 1.82) is 0 Å². The van der Waals surface area contributed by atoms with Crippen molar-refractivity contribution in [2.75, 3.05) is 7.11 Å². The van der Waals surface area contributed by atoms with Crippen LogP contribution in [0.2, 0.25) is 0 Å². The third-order valence-electron chi connectivity index (χ3n) is 4.45. The average Bonchev–Trinajstić information content (AvgIpc) is 2.62. The van der Waals surface area contributed by atoms with Gasteiger partial charge in [-0.2, -0.15) is 0 Å². The lowest BCUT2D eigenvalue weighted by Gasteiger charge is -2.09. The first kappa shape index (κ1) is 24.2. The molecule has 0 aromatic heterocycles. The van der Waals surface area contributed by atoms with Gasteiger partial charge in [-0.25, -0.2) is 0 Å². The highest BCUT2D eigenvalue weighted by Crippen LogP contribution is 2.28. The van der Waals surface area contributed by atoms with Crippen LogP contribution in [0.25, 0.3) is 0 Å². The molecule has 0 aliphatic heterocycles. The molecule has 158 valence electrons. The molecule has 0 saturated heterocycles. The van der Waals surface area contributed by atoms with E-state index in [1.807, 2.05) is 33.8 Å². The zero-order chi connectivity index (χ0) is 22.0. The number of phenols is 2. The number of hydrogen-bond donors (Lipinski definition) is 2. The summed E-state index contributed by atoms with van der Waals surface area (Å²) >= 11 is 0. The molecule has 1 rings (SSSR count). The van der Waals surface area contributed by atoms with Gasteiger partial charge in [0, 0.05) is 17.5 Å². The monoisotopic (exact) mass is 400 g/mol. The number of hydrogen-bond acceptors (Lipinski definition) is 5. The maximum Gasteiger partial charge on any atom is 0.310 e. The first-order valence-electron chi connectivity index (χ1n) is 9.72. The van der Waals surface area contributed by atoms with Gasteiger partial charge >= 0.3 is 5.97 Å². The Morgan fingerprint density at radius 1 is 0.966 bits per heavy atom. The number of phenolic OH excluding ortho intramolecular Hbond substituents is 2. The van der Waals surface area contributed by atoms with E-state index in [-0.39, 0.29) is 23.7 Å². The highest BCUT2D eigenvalue weighted by atomic mass is 16.5. The van der Waals surface area contributed by atoms with E-state index in [2.05, 4.69) is 10.8 Å². The minimum Gasteiger partial charge on any atom is -0.508 e. The summed E-state index contributed by atoms with van der Waals surface area (Å²) in [6.07, 6.45) is 8.27. The minimum absolute atomic E-state index is 0.0335. The number of ether oxygens (including phenoxy) is 1. The van der Waals surface area contributed by atoms with Crippen molar-refractivity contribution >= 4 is 11.8 Å². The van der Waals surface area contributed by atoms with Crippen molar-refractivity contribution in [3.8, 4) is 11.5 Å². The predicted octanol–water partition coefficient (Wildman–Crippen LogP) is 4.95. The van der Waals surface area contributed by atoms with Crippen molar-refractivity contribution in [2.45, 2.75) is 59.8 Å². The summed E-state index contributed by atoms with van der Waals surface area (Å²) in [7, 11) is 1.28. The molecule has 0 unspecified atom stereocenters. The van der Waals surface area contributed by atoms with E-state index < -0.39 is 5.97 Å². The lowest BCUT2D eigenvalue weighted by atomic mass is 10.0. The lowest BCUT2D eigenvalue weighted by Crippen LogP contribution is -2.04. The molecule has 0 amide bonds. The van der Waals surface area contributed by atoms with Crippen molar-refractivity contribution in [3.63, 3.8) is 0 Å². The smallest absolute Gasteiger partial charge is 0.310 e. The normalized spacial score (nSPS) is 11.9. The lowest BCUT2D eigenvalue weighted by molar-refractivity contribution is -0.139. The Labute approximate surface area is 173 Å². The second-order valence-electron chi connectivity index (χ2n) is 7.57. The molecule has 0 spiro atoms. The number of rotatable bonds is 10. The maximum atomic E-state index is 11.8. The summed E-state index contributed by atoms with van der Waals surface area (Å²) in [4.78, 5) is 23.1. The van der Waals surface area contributed by atoms with Crippen LogP contribution >= 0.6 is 0 Å². The highest BCUT2D eigenvalue weighted by molar-refractivity contribution is 5.91. The van der Waals surface area contributed by atoms with Crippen LogP contribution in [-0.2, 0) is 27.2 Å². The van der Waals surface area contributed by atoms with Gasteiger partial charge in [0.25, 0.3) is 0 Å².